The monoisotopic (exact) mass is 350 g/mol. The number of amides is 1. The minimum absolute atomic E-state index is 0.0993. The average Bonchev–Trinajstić information content (AvgIpc) is 3.00. The largest absolute Gasteiger partial charge is 0.398 e. The lowest BCUT2D eigenvalue weighted by Gasteiger charge is -2.07. The number of nitrogens with two attached hydrogens (primary N) is 1. The van der Waals surface area contributed by atoms with E-state index in [9.17, 15) is 4.79 Å². The molecule has 0 aliphatic heterocycles. The third-order valence-electron chi connectivity index (χ3n) is 3.49. The van der Waals surface area contributed by atoms with Gasteiger partial charge in [-0.15, -0.1) is 11.3 Å². The van der Waals surface area contributed by atoms with Crippen LogP contribution in [0.4, 0.5) is 5.69 Å². The number of fused-ring (bicyclic) bond motifs is 1. The molecule has 0 fully saturated rings. The Kier molecular flexibility index (Phi) is 3.81. The van der Waals surface area contributed by atoms with E-state index in [0.717, 1.165) is 0 Å². The predicted molar refractivity (Wildman–Crippen MR) is 86.1 cm³/mol. The van der Waals surface area contributed by atoms with E-state index in [0.29, 0.717) is 22.3 Å². The van der Waals surface area contributed by atoms with Crippen LogP contribution >= 0.6 is 27.3 Å². The molecule has 1 amide bonds. The standard InChI is InChI=1S/C15H15BrN2OS/c16-14-11(4-2-5-12(14)17)15(19)18-8-10-7-9-3-1-6-13(9)20-10/h2,4-5,7H,1,3,6,8,17H2,(H,18,19). The molecule has 1 aromatic carbocycles. The zero-order valence-electron chi connectivity index (χ0n) is 10.9. The van der Waals surface area contributed by atoms with Crippen LogP contribution in [0, 0.1) is 0 Å². The third kappa shape index (κ3) is 2.60. The normalized spacial score (nSPS) is 13.2. The van der Waals surface area contributed by atoms with Crippen LogP contribution in [0.25, 0.3) is 0 Å². The summed E-state index contributed by atoms with van der Waals surface area (Å²) in [6.45, 7) is 0.581. The van der Waals surface area contributed by atoms with Gasteiger partial charge in [0.1, 0.15) is 0 Å². The van der Waals surface area contributed by atoms with Gasteiger partial charge in [0.2, 0.25) is 0 Å². The van der Waals surface area contributed by atoms with E-state index < -0.39 is 0 Å². The van der Waals surface area contributed by atoms with Crippen LogP contribution in [0.15, 0.2) is 28.7 Å². The molecule has 1 aromatic heterocycles. The number of rotatable bonds is 3. The van der Waals surface area contributed by atoms with Crippen LogP contribution in [0.5, 0.6) is 0 Å². The van der Waals surface area contributed by atoms with Crippen molar-refractivity contribution in [1.29, 1.82) is 0 Å². The number of nitrogen functional groups attached to an aromatic ring is 1. The molecule has 0 spiro atoms. The van der Waals surface area contributed by atoms with Crippen LogP contribution in [0.2, 0.25) is 0 Å². The lowest BCUT2D eigenvalue weighted by atomic mass is 10.2. The second kappa shape index (κ2) is 5.58. The number of carbonyl (C=O) groups is 1. The number of halogens is 1. The molecule has 1 aliphatic carbocycles. The summed E-state index contributed by atoms with van der Waals surface area (Å²) in [6, 6.07) is 7.55. The molecule has 0 saturated carbocycles. The van der Waals surface area contributed by atoms with Crippen molar-refractivity contribution in [2.24, 2.45) is 0 Å². The summed E-state index contributed by atoms with van der Waals surface area (Å²) in [4.78, 5) is 14.9. The third-order valence-corrected chi connectivity index (χ3v) is 5.62. The Balaban J connectivity index is 1.68. The first-order valence-electron chi connectivity index (χ1n) is 6.58. The fraction of sp³-hybridized carbons (Fsp3) is 0.267. The van der Waals surface area contributed by atoms with E-state index in [1.54, 1.807) is 18.2 Å². The zero-order valence-corrected chi connectivity index (χ0v) is 13.3. The number of hydrogen-bond donors (Lipinski definition) is 2. The lowest BCUT2D eigenvalue weighted by Crippen LogP contribution is -2.23. The summed E-state index contributed by atoms with van der Waals surface area (Å²) in [7, 11) is 0. The molecular weight excluding hydrogens is 336 g/mol. The Morgan fingerprint density at radius 2 is 2.25 bits per heavy atom. The van der Waals surface area contributed by atoms with Gasteiger partial charge in [-0.1, -0.05) is 6.07 Å². The van der Waals surface area contributed by atoms with Crippen LogP contribution < -0.4 is 11.1 Å². The highest BCUT2D eigenvalue weighted by molar-refractivity contribution is 9.10. The van der Waals surface area contributed by atoms with Gasteiger partial charge >= 0.3 is 0 Å². The van der Waals surface area contributed by atoms with Crippen molar-refractivity contribution in [2.75, 3.05) is 5.73 Å². The maximum Gasteiger partial charge on any atom is 0.252 e. The maximum atomic E-state index is 12.2. The van der Waals surface area contributed by atoms with Crippen LogP contribution in [0.1, 0.15) is 32.1 Å². The molecule has 20 heavy (non-hydrogen) atoms. The first kappa shape index (κ1) is 13.6. The Morgan fingerprint density at radius 1 is 1.40 bits per heavy atom. The van der Waals surface area contributed by atoms with Gasteiger partial charge in [0.05, 0.1) is 16.6 Å². The van der Waals surface area contributed by atoms with Gasteiger partial charge in [-0.3, -0.25) is 4.79 Å². The van der Waals surface area contributed by atoms with Crippen molar-refractivity contribution in [1.82, 2.24) is 5.32 Å². The van der Waals surface area contributed by atoms with E-state index in [4.69, 9.17) is 5.73 Å². The summed E-state index contributed by atoms with van der Waals surface area (Å²) in [6.07, 6.45) is 3.64. The van der Waals surface area contributed by atoms with E-state index >= 15 is 0 Å². The van der Waals surface area contributed by atoms with Crippen LogP contribution in [-0.4, -0.2) is 5.91 Å². The molecular formula is C15H15BrN2OS. The van der Waals surface area contributed by atoms with Gasteiger partial charge in [0.25, 0.3) is 5.91 Å². The van der Waals surface area contributed by atoms with Crippen molar-refractivity contribution in [3.8, 4) is 0 Å². The fourth-order valence-corrected chi connectivity index (χ4v) is 4.11. The molecule has 3 nitrogen and oxygen atoms in total. The van der Waals surface area contributed by atoms with E-state index in [1.165, 1.54) is 34.6 Å². The summed E-state index contributed by atoms with van der Waals surface area (Å²) in [5.41, 5.74) is 8.41. The van der Waals surface area contributed by atoms with Gasteiger partial charge in [-0.2, -0.15) is 0 Å². The number of benzene rings is 1. The second-order valence-corrected chi connectivity index (χ2v) is 6.92. The van der Waals surface area contributed by atoms with E-state index in [2.05, 4.69) is 27.3 Å². The molecule has 0 unspecified atom stereocenters. The van der Waals surface area contributed by atoms with Crippen molar-refractivity contribution in [3.63, 3.8) is 0 Å². The van der Waals surface area contributed by atoms with Gasteiger partial charge in [-0.25, -0.2) is 0 Å². The molecule has 3 rings (SSSR count). The number of thiophene rings is 1. The molecule has 2 aromatic rings. The maximum absolute atomic E-state index is 12.2. The number of hydrogen-bond acceptors (Lipinski definition) is 3. The van der Waals surface area contributed by atoms with E-state index in [1.807, 2.05) is 11.3 Å². The molecule has 5 heteroatoms. The number of anilines is 1. The molecule has 104 valence electrons. The Morgan fingerprint density at radius 3 is 3.05 bits per heavy atom. The van der Waals surface area contributed by atoms with Crippen molar-refractivity contribution < 1.29 is 4.79 Å². The smallest absolute Gasteiger partial charge is 0.252 e. The highest BCUT2D eigenvalue weighted by Gasteiger charge is 2.16. The minimum Gasteiger partial charge on any atom is -0.398 e. The van der Waals surface area contributed by atoms with Crippen LogP contribution in [0.3, 0.4) is 0 Å². The van der Waals surface area contributed by atoms with Gasteiger partial charge in [-0.05, 0) is 59.0 Å². The quantitative estimate of drug-likeness (QED) is 0.832. The Hall–Kier alpha value is -1.33. The topological polar surface area (TPSA) is 55.1 Å². The summed E-state index contributed by atoms with van der Waals surface area (Å²) in [5.74, 6) is -0.0993. The summed E-state index contributed by atoms with van der Waals surface area (Å²) in [5, 5.41) is 2.96. The second-order valence-electron chi connectivity index (χ2n) is 4.91. The number of aryl methyl sites for hydroxylation is 2. The highest BCUT2D eigenvalue weighted by atomic mass is 79.9. The average molecular weight is 351 g/mol. The van der Waals surface area contributed by atoms with Gasteiger partial charge in [0, 0.05) is 15.4 Å². The molecule has 0 atom stereocenters. The first-order chi connectivity index (χ1) is 9.65. The van der Waals surface area contributed by atoms with Gasteiger partial charge < -0.3 is 11.1 Å². The SMILES string of the molecule is Nc1cccc(C(=O)NCc2cc3c(s2)CCC3)c1Br. The molecule has 0 saturated heterocycles. The number of carbonyl (C=O) groups excluding carboxylic acids is 1. The molecule has 1 heterocycles. The molecule has 1 aliphatic rings. The molecule has 0 radical (unpaired) electrons. The Labute approximate surface area is 130 Å². The van der Waals surface area contributed by atoms with Crippen molar-refractivity contribution >= 4 is 38.9 Å². The number of nitrogens with one attached hydrogen (secondary N) is 1. The Bertz CT molecular complexity index is 644. The highest BCUT2D eigenvalue weighted by Crippen LogP contribution is 2.30. The predicted octanol–water partition coefficient (Wildman–Crippen LogP) is 3.51. The van der Waals surface area contributed by atoms with Crippen molar-refractivity contribution in [2.45, 2.75) is 25.8 Å². The molecule has 3 N–H and O–H groups in total. The fourth-order valence-electron chi connectivity index (χ4n) is 2.47. The van der Waals surface area contributed by atoms with Crippen molar-refractivity contribution in [3.05, 3.63) is 49.6 Å². The zero-order chi connectivity index (χ0) is 14.1. The minimum atomic E-state index is -0.0993. The lowest BCUT2D eigenvalue weighted by molar-refractivity contribution is 0.0950. The van der Waals surface area contributed by atoms with E-state index in [-0.39, 0.29) is 5.91 Å². The molecule has 0 bridgehead atoms. The van der Waals surface area contributed by atoms with Gasteiger partial charge in [0.15, 0.2) is 0 Å². The van der Waals surface area contributed by atoms with Crippen LogP contribution in [-0.2, 0) is 19.4 Å². The summed E-state index contributed by atoms with van der Waals surface area (Å²) >= 11 is 5.18. The summed E-state index contributed by atoms with van der Waals surface area (Å²) < 4.78 is 0.658. The first-order valence-corrected chi connectivity index (χ1v) is 8.19.